The molecule has 0 saturated heterocycles. The van der Waals surface area contributed by atoms with E-state index in [2.05, 4.69) is 10.6 Å². The third-order valence-electron chi connectivity index (χ3n) is 6.26. The molecule has 0 atom stereocenters. The topological polar surface area (TPSA) is 87.7 Å². The smallest absolute Gasteiger partial charge is 0.283 e. The average molecular weight is 538 g/mol. The van der Waals surface area contributed by atoms with E-state index in [1.54, 1.807) is 60.7 Å². The summed E-state index contributed by atoms with van der Waals surface area (Å²) in [7, 11) is 0. The average Bonchev–Trinajstić information content (AvgIpc) is 3.15. The molecule has 0 saturated carbocycles. The molecule has 3 amide bonds. The van der Waals surface area contributed by atoms with Crippen LogP contribution in [0.5, 0.6) is 11.5 Å². The highest BCUT2D eigenvalue weighted by atomic mass is 35.5. The van der Waals surface area contributed by atoms with Crippen molar-refractivity contribution in [3.63, 3.8) is 0 Å². The number of hydrogen-bond acceptors (Lipinski definition) is 5. The molecule has 0 fully saturated rings. The molecule has 0 spiro atoms. The number of ether oxygens (including phenoxy) is 1. The van der Waals surface area contributed by atoms with Crippen molar-refractivity contribution in [2.45, 2.75) is 13.8 Å². The van der Waals surface area contributed by atoms with Crippen molar-refractivity contribution in [3.8, 4) is 11.5 Å². The molecule has 2 N–H and O–H groups in total. The van der Waals surface area contributed by atoms with Crippen molar-refractivity contribution >= 4 is 46.4 Å². The Hall–Kier alpha value is -4.88. The van der Waals surface area contributed by atoms with Gasteiger partial charge in [-0.2, -0.15) is 0 Å². The van der Waals surface area contributed by atoms with Crippen molar-refractivity contribution in [3.05, 3.63) is 124 Å². The molecule has 4 aromatic rings. The summed E-state index contributed by atoms with van der Waals surface area (Å²) in [5.74, 6) is -0.169. The predicted molar refractivity (Wildman–Crippen MR) is 152 cm³/mol. The van der Waals surface area contributed by atoms with E-state index in [-0.39, 0.29) is 16.6 Å². The zero-order valence-corrected chi connectivity index (χ0v) is 22.0. The maximum absolute atomic E-state index is 13.1. The van der Waals surface area contributed by atoms with Gasteiger partial charge in [-0.3, -0.25) is 14.4 Å². The first kappa shape index (κ1) is 25.8. The third kappa shape index (κ3) is 5.54. The van der Waals surface area contributed by atoms with Gasteiger partial charge in [-0.15, -0.1) is 0 Å². The van der Waals surface area contributed by atoms with E-state index in [1.807, 2.05) is 50.2 Å². The van der Waals surface area contributed by atoms with Crippen molar-refractivity contribution < 1.29 is 19.1 Å². The molecule has 1 aliphatic rings. The van der Waals surface area contributed by atoms with Gasteiger partial charge in [-0.05, 0) is 91.7 Å². The van der Waals surface area contributed by atoms with E-state index < -0.39 is 11.8 Å². The third-order valence-corrected chi connectivity index (χ3v) is 6.61. The van der Waals surface area contributed by atoms with Crippen molar-refractivity contribution in [1.29, 1.82) is 0 Å². The standard InChI is InChI=1S/C31H24ClN3O4/c1-19-11-14-24(17-20(19)2)35-30(37)27(32)28(31(35)38)33-23-8-6-7-21(18-23)29(36)34-22-12-15-26(16-13-22)39-25-9-4-3-5-10-25/h3-18,33H,1-2H3,(H,34,36). The van der Waals surface area contributed by atoms with E-state index in [9.17, 15) is 14.4 Å². The fraction of sp³-hybridized carbons (Fsp3) is 0.0645. The molecule has 0 aromatic heterocycles. The minimum atomic E-state index is -0.610. The fourth-order valence-corrected chi connectivity index (χ4v) is 4.24. The van der Waals surface area contributed by atoms with E-state index >= 15 is 0 Å². The maximum atomic E-state index is 13.1. The summed E-state index contributed by atoms with van der Waals surface area (Å²) in [6.07, 6.45) is 0. The Bertz CT molecular complexity index is 1610. The number of rotatable bonds is 7. The molecule has 5 rings (SSSR count). The Morgan fingerprint density at radius 2 is 1.46 bits per heavy atom. The van der Waals surface area contributed by atoms with E-state index in [1.165, 1.54) is 0 Å². The lowest BCUT2D eigenvalue weighted by atomic mass is 10.1. The van der Waals surface area contributed by atoms with Crippen molar-refractivity contribution in [1.82, 2.24) is 0 Å². The van der Waals surface area contributed by atoms with Gasteiger partial charge in [0.1, 0.15) is 22.2 Å². The van der Waals surface area contributed by atoms with Crippen LogP contribution in [-0.4, -0.2) is 17.7 Å². The van der Waals surface area contributed by atoms with Gasteiger partial charge in [0, 0.05) is 16.9 Å². The Morgan fingerprint density at radius 3 is 2.18 bits per heavy atom. The predicted octanol–water partition coefficient (Wildman–Crippen LogP) is 6.78. The Morgan fingerprint density at radius 1 is 0.744 bits per heavy atom. The lowest BCUT2D eigenvalue weighted by Crippen LogP contribution is -2.32. The van der Waals surface area contributed by atoms with Gasteiger partial charge in [-0.25, -0.2) is 4.90 Å². The van der Waals surface area contributed by atoms with Crippen molar-refractivity contribution in [2.75, 3.05) is 15.5 Å². The number of aryl methyl sites for hydroxylation is 2. The minimum absolute atomic E-state index is 0.0496. The van der Waals surface area contributed by atoms with Gasteiger partial charge < -0.3 is 15.4 Å². The van der Waals surface area contributed by atoms with E-state index in [0.29, 0.717) is 34.1 Å². The molecular formula is C31H24ClN3O4. The second-order valence-corrected chi connectivity index (χ2v) is 9.38. The molecule has 0 aliphatic carbocycles. The van der Waals surface area contributed by atoms with E-state index in [0.717, 1.165) is 16.0 Å². The van der Waals surface area contributed by atoms with Gasteiger partial charge in [-0.1, -0.05) is 41.9 Å². The first-order valence-electron chi connectivity index (χ1n) is 12.2. The van der Waals surface area contributed by atoms with Crippen LogP contribution in [0.1, 0.15) is 21.5 Å². The number of carbonyl (C=O) groups is 3. The number of benzene rings is 4. The summed E-state index contributed by atoms with van der Waals surface area (Å²) in [6.45, 7) is 3.85. The Balaban J connectivity index is 1.27. The number of para-hydroxylation sites is 1. The van der Waals surface area contributed by atoms with Crippen LogP contribution in [0.25, 0.3) is 0 Å². The number of nitrogens with zero attached hydrogens (tertiary/aromatic N) is 1. The highest BCUT2D eigenvalue weighted by Gasteiger charge is 2.39. The fourth-order valence-electron chi connectivity index (χ4n) is 4.03. The summed E-state index contributed by atoms with van der Waals surface area (Å²) in [6, 6.07) is 28.3. The summed E-state index contributed by atoms with van der Waals surface area (Å²) in [5.41, 5.74) is 3.76. The molecule has 8 heteroatoms. The van der Waals surface area contributed by atoms with Gasteiger partial charge in [0.05, 0.1) is 5.69 Å². The normalized spacial score (nSPS) is 13.1. The Labute approximate surface area is 230 Å². The van der Waals surface area contributed by atoms with Crippen molar-refractivity contribution in [2.24, 2.45) is 0 Å². The number of halogens is 1. The zero-order valence-electron chi connectivity index (χ0n) is 21.2. The van der Waals surface area contributed by atoms with Gasteiger partial charge in [0.2, 0.25) is 0 Å². The van der Waals surface area contributed by atoms with Crippen LogP contribution < -0.4 is 20.3 Å². The molecule has 0 radical (unpaired) electrons. The summed E-state index contributed by atoms with van der Waals surface area (Å²) in [4.78, 5) is 39.9. The number of amides is 3. The first-order valence-corrected chi connectivity index (χ1v) is 12.5. The molecule has 7 nitrogen and oxygen atoms in total. The summed E-state index contributed by atoms with van der Waals surface area (Å²) < 4.78 is 5.78. The number of anilines is 3. The number of carbonyl (C=O) groups excluding carboxylic acids is 3. The highest BCUT2D eigenvalue weighted by molar-refractivity contribution is 6.53. The zero-order chi connectivity index (χ0) is 27.5. The second kappa shape index (κ2) is 10.8. The van der Waals surface area contributed by atoms with Gasteiger partial charge in [0.15, 0.2) is 0 Å². The molecule has 4 aromatic carbocycles. The highest BCUT2D eigenvalue weighted by Crippen LogP contribution is 2.31. The van der Waals surface area contributed by atoms with Crippen LogP contribution in [0.2, 0.25) is 0 Å². The van der Waals surface area contributed by atoms with Gasteiger partial charge in [0.25, 0.3) is 17.7 Å². The van der Waals surface area contributed by atoms with Crippen LogP contribution in [0.4, 0.5) is 17.1 Å². The summed E-state index contributed by atoms with van der Waals surface area (Å²) in [5, 5.41) is 5.55. The Kier molecular flexibility index (Phi) is 7.17. The van der Waals surface area contributed by atoms with Gasteiger partial charge >= 0.3 is 0 Å². The monoisotopic (exact) mass is 537 g/mol. The lowest BCUT2D eigenvalue weighted by Gasteiger charge is -2.16. The maximum Gasteiger partial charge on any atom is 0.283 e. The first-order chi connectivity index (χ1) is 18.8. The quantitative estimate of drug-likeness (QED) is 0.254. The SMILES string of the molecule is Cc1ccc(N2C(=O)C(Cl)=C(Nc3cccc(C(=O)Nc4ccc(Oc5ccccc5)cc4)c3)C2=O)cc1C. The van der Waals surface area contributed by atoms with Crippen LogP contribution >= 0.6 is 11.6 Å². The molecule has 0 bridgehead atoms. The van der Waals surface area contributed by atoms with Crippen LogP contribution in [0, 0.1) is 13.8 Å². The van der Waals surface area contributed by atoms with Crippen LogP contribution in [0.15, 0.2) is 108 Å². The minimum Gasteiger partial charge on any atom is -0.457 e. The molecule has 1 heterocycles. The lowest BCUT2D eigenvalue weighted by molar-refractivity contribution is -0.120. The molecule has 39 heavy (non-hydrogen) atoms. The largest absolute Gasteiger partial charge is 0.457 e. The van der Waals surface area contributed by atoms with Crippen LogP contribution in [0.3, 0.4) is 0 Å². The number of imide groups is 1. The molecule has 1 aliphatic heterocycles. The number of hydrogen-bond donors (Lipinski definition) is 2. The molecular weight excluding hydrogens is 514 g/mol. The van der Waals surface area contributed by atoms with E-state index in [4.69, 9.17) is 16.3 Å². The van der Waals surface area contributed by atoms with Crippen LogP contribution in [-0.2, 0) is 9.59 Å². The summed E-state index contributed by atoms with van der Waals surface area (Å²) >= 11 is 6.28. The molecule has 194 valence electrons. The molecule has 0 unspecified atom stereocenters. The second-order valence-electron chi connectivity index (χ2n) is 9.00. The number of nitrogens with one attached hydrogen (secondary N) is 2.